The molecule has 0 amide bonds. The zero-order valence-corrected chi connectivity index (χ0v) is 13.2. The molecule has 0 atom stereocenters. The Morgan fingerprint density at radius 2 is 2.00 bits per heavy atom. The molecule has 3 aromatic rings. The molecule has 0 saturated heterocycles. The monoisotopic (exact) mass is 328 g/mol. The number of carboxylic acids is 1. The van der Waals surface area contributed by atoms with Crippen LogP contribution >= 0.6 is 0 Å². The van der Waals surface area contributed by atoms with Crippen molar-refractivity contribution in [3.8, 4) is 17.1 Å². The zero-order valence-electron chi connectivity index (χ0n) is 13.2. The molecule has 0 radical (unpaired) electrons. The summed E-state index contributed by atoms with van der Waals surface area (Å²) in [6.07, 6.45) is 0.934. The maximum Gasteiger partial charge on any atom is 0.358 e. The van der Waals surface area contributed by atoms with Crippen LogP contribution in [-0.2, 0) is 6.42 Å². The Morgan fingerprint density at radius 1 is 1.29 bits per heavy atom. The van der Waals surface area contributed by atoms with Gasteiger partial charge in [-0.25, -0.2) is 9.42 Å². The second-order valence-electron chi connectivity index (χ2n) is 5.77. The summed E-state index contributed by atoms with van der Waals surface area (Å²) in [4.78, 5) is 11.5. The second kappa shape index (κ2) is 6.11. The van der Waals surface area contributed by atoms with Gasteiger partial charge in [-0.3, -0.25) is 0 Å². The largest absolute Gasteiger partial charge is 0.476 e. The average molecular weight is 328 g/mol. The molecule has 9 nitrogen and oxygen atoms in total. The number of carboxylic acid groups (broad SMARTS) is 1. The number of anilines is 1. The van der Waals surface area contributed by atoms with E-state index in [0.717, 1.165) is 12.0 Å². The smallest absolute Gasteiger partial charge is 0.358 e. The lowest BCUT2D eigenvalue weighted by Gasteiger charge is -2.08. The van der Waals surface area contributed by atoms with Gasteiger partial charge in [0.1, 0.15) is 5.69 Å². The van der Waals surface area contributed by atoms with Gasteiger partial charge in [-0.1, -0.05) is 43.3 Å². The van der Waals surface area contributed by atoms with Crippen LogP contribution in [-0.4, -0.2) is 36.4 Å². The van der Waals surface area contributed by atoms with Gasteiger partial charge < -0.3 is 10.8 Å². The number of hydrogen-bond donors (Lipinski definition) is 2. The van der Waals surface area contributed by atoms with Gasteiger partial charge in [0.2, 0.25) is 11.6 Å². The number of nitrogens with two attached hydrogens (primary N) is 1. The SMILES string of the molecule is CC(C)Cc1ccc(-c2c(C(=O)O)nnn2-c2nonc2N)cc1. The Kier molecular flexibility index (Phi) is 3.98. The van der Waals surface area contributed by atoms with E-state index in [1.807, 2.05) is 24.3 Å². The van der Waals surface area contributed by atoms with E-state index in [1.165, 1.54) is 4.68 Å². The quantitative estimate of drug-likeness (QED) is 0.724. The summed E-state index contributed by atoms with van der Waals surface area (Å²) in [5.74, 6) is -0.582. The molecule has 0 unspecified atom stereocenters. The average Bonchev–Trinajstić information content (AvgIpc) is 3.13. The van der Waals surface area contributed by atoms with Crippen LogP contribution in [0.25, 0.3) is 17.1 Å². The van der Waals surface area contributed by atoms with Gasteiger partial charge in [0.25, 0.3) is 0 Å². The van der Waals surface area contributed by atoms with Crippen LogP contribution < -0.4 is 5.73 Å². The minimum Gasteiger partial charge on any atom is -0.476 e. The number of benzene rings is 1. The second-order valence-corrected chi connectivity index (χ2v) is 5.77. The molecule has 0 bridgehead atoms. The van der Waals surface area contributed by atoms with Crippen molar-refractivity contribution >= 4 is 11.8 Å². The fourth-order valence-electron chi connectivity index (χ4n) is 2.44. The molecule has 124 valence electrons. The predicted octanol–water partition coefficient (Wildman–Crippen LogP) is 1.80. The van der Waals surface area contributed by atoms with E-state index < -0.39 is 5.97 Å². The number of carbonyl (C=O) groups is 1. The molecular formula is C15H16N6O3. The first-order valence-electron chi connectivity index (χ1n) is 7.34. The summed E-state index contributed by atoms with van der Waals surface area (Å²) in [6.45, 7) is 4.27. The first-order chi connectivity index (χ1) is 11.5. The molecule has 0 aliphatic heterocycles. The van der Waals surface area contributed by atoms with Crippen molar-refractivity contribution in [3.63, 3.8) is 0 Å². The molecule has 0 spiro atoms. The topological polar surface area (TPSA) is 133 Å². The van der Waals surface area contributed by atoms with Gasteiger partial charge >= 0.3 is 5.97 Å². The number of hydrogen-bond acceptors (Lipinski definition) is 7. The van der Waals surface area contributed by atoms with Crippen LogP contribution in [0.3, 0.4) is 0 Å². The normalized spacial score (nSPS) is 11.1. The van der Waals surface area contributed by atoms with E-state index in [-0.39, 0.29) is 23.0 Å². The van der Waals surface area contributed by atoms with Crippen LogP contribution in [0.15, 0.2) is 28.9 Å². The lowest BCUT2D eigenvalue weighted by molar-refractivity contribution is 0.0691. The van der Waals surface area contributed by atoms with Gasteiger partial charge in [-0.15, -0.1) is 5.10 Å². The lowest BCUT2D eigenvalue weighted by Crippen LogP contribution is -2.05. The Labute approximate surface area is 137 Å². The fraction of sp³-hybridized carbons (Fsp3) is 0.267. The molecule has 2 aromatic heterocycles. The van der Waals surface area contributed by atoms with E-state index in [2.05, 4.69) is 39.1 Å². The predicted molar refractivity (Wildman–Crippen MR) is 84.6 cm³/mol. The van der Waals surface area contributed by atoms with Crippen molar-refractivity contribution in [1.29, 1.82) is 0 Å². The van der Waals surface area contributed by atoms with Crippen LogP contribution in [0.4, 0.5) is 5.82 Å². The summed E-state index contributed by atoms with van der Waals surface area (Å²) in [7, 11) is 0. The maximum absolute atomic E-state index is 11.5. The molecule has 2 heterocycles. The molecule has 0 fully saturated rings. The molecule has 9 heteroatoms. The molecule has 0 aliphatic carbocycles. The van der Waals surface area contributed by atoms with Crippen molar-refractivity contribution in [2.45, 2.75) is 20.3 Å². The third-order valence-electron chi connectivity index (χ3n) is 3.44. The molecule has 24 heavy (non-hydrogen) atoms. The Morgan fingerprint density at radius 3 is 2.54 bits per heavy atom. The molecule has 3 N–H and O–H groups in total. The van der Waals surface area contributed by atoms with Crippen LogP contribution in [0, 0.1) is 5.92 Å². The Hall–Kier alpha value is -3.23. The van der Waals surface area contributed by atoms with Gasteiger partial charge in [0, 0.05) is 5.56 Å². The zero-order chi connectivity index (χ0) is 17.3. The van der Waals surface area contributed by atoms with E-state index >= 15 is 0 Å². The van der Waals surface area contributed by atoms with Crippen molar-refractivity contribution < 1.29 is 14.5 Å². The number of aromatic carboxylic acids is 1. The summed E-state index contributed by atoms with van der Waals surface area (Å²) in [5.41, 5.74) is 7.54. The highest BCUT2D eigenvalue weighted by Crippen LogP contribution is 2.27. The van der Waals surface area contributed by atoms with E-state index in [9.17, 15) is 9.90 Å². The Balaban J connectivity index is 2.10. The van der Waals surface area contributed by atoms with Crippen molar-refractivity contribution in [2.75, 3.05) is 5.73 Å². The lowest BCUT2D eigenvalue weighted by atomic mass is 10.0. The van der Waals surface area contributed by atoms with Crippen molar-refractivity contribution in [3.05, 3.63) is 35.5 Å². The van der Waals surface area contributed by atoms with Gasteiger partial charge in [0.15, 0.2) is 5.69 Å². The summed E-state index contributed by atoms with van der Waals surface area (Å²) in [5, 5.41) is 24.1. The first-order valence-corrected chi connectivity index (χ1v) is 7.34. The highest BCUT2D eigenvalue weighted by Gasteiger charge is 2.24. The molecule has 3 rings (SSSR count). The van der Waals surface area contributed by atoms with Crippen LogP contribution in [0.5, 0.6) is 0 Å². The third kappa shape index (κ3) is 2.83. The van der Waals surface area contributed by atoms with E-state index in [4.69, 9.17) is 5.73 Å². The minimum absolute atomic E-state index is 0.00508. The first kappa shape index (κ1) is 15.7. The van der Waals surface area contributed by atoms with Gasteiger partial charge in [-0.2, -0.15) is 4.68 Å². The van der Waals surface area contributed by atoms with Crippen molar-refractivity contribution in [2.24, 2.45) is 5.92 Å². The summed E-state index contributed by atoms with van der Waals surface area (Å²) in [6, 6.07) is 7.54. The fourth-order valence-corrected chi connectivity index (χ4v) is 2.44. The standard InChI is InChI=1S/C15H16N6O3/c1-8(2)7-9-3-5-10(6-4-9)12-11(15(22)23)17-20-21(12)14-13(16)18-24-19-14/h3-6,8H,7H2,1-2H3,(H2,16,18)(H,22,23). The highest BCUT2D eigenvalue weighted by molar-refractivity contribution is 5.93. The number of nitrogen functional groups attached to an aromatic ring is 1. The van der Waals surface area contributed by atoms with E-state index in [1.54, 1.807) is 0 Å². The Bertz CT molecular complexity index is 866. The summed E-state index contributed by atoms with van der Waals surface area (Å²) < 4.78 is 5.78. The van der Waals surface area contributed by atoms with Gasteiger partial charge in [-0.05, 0) is 28.2 Å². The number of aromatic nitrogens is 5. The van der Waals surface area contributed by atoms with Crippen LogP contribution in [0.2, 0.25) is 0 Å². The number of nitrogens with zero attached hydrogens (tertiary/aromatic N) is 5. The maximum atomic E-state index is 11.5. The highest BCUT2D eigenvalue weighted by atomic mass is 16.6. The number of rotatable bonds is 5. The van der Waals surface area contributed by atoms with E-state index in [0.29, 0.717) is 11.5 Å². The molecule has 0 saturated carbocycles. The molecular weight excluding hydrogens is 312 g/mol. The van der Waals surface area contributed by atoms with Gasteiger partial charge in [0.05, 0.1) is 0 Å². The van der Waals surface area contributed by atoms with Crippen molar-refractivity contribution in [1.82, 2.24) is 25.3 Å². The minimum atomic E-state index is -1.20. The molecule has 0 aliphatic rings. The third-order valence-corrected chi connectivity index (χ3v) is 3.44. The van der Waals surface area contributed by atoms with Crippen LogP contribution in [0.1, 0.15) is 29.9 Å². The molecule has 1 aromatic carbocycles. The summed E-state index contributed by atoms with van der Waals surface area (Å²) >= 11 is 0.